The van der Waals surface area contributed by atoms with Gasteiger partial charge in [0.2, 0.25) is 0 Å². The van der Waals surface area contributed by atoms with Crippen molar-refractivity contribution in [1.29, 1.82) is 0 Å². The lowest BCUT2D eigenvalue weighted by Gasteiger charge is -2.32. The van der Waals surface area contributed by atoms with E-state index in [4.69, 9.17) is 5.73 Å². The van der Waals surface area contributed by atoms with Gasteiger partial charge in [-0.05, 0) is 30.9 Å². The lowest BCUT2D eigenvalue weighted by molar-refractivity contribution is 0.312. The Kier molecular flexibility index (Phi) is 3.83. The van der Waals surface area contributed by atoms with Crippen LogP contribution in [0.5, 0.6) is 0 Å². The van der Waals surface area contributed by atoms with E-state index in [1.54, 1.807) is 0 Å². The summed E-state index contributed by atoms with van der Waals surface area (Å²) in [6, 6.07) is 11.0. The van der Waals surface area contributed by atoms with Crippen LogP contribution in [0.25, 0.3) is 0 Å². The van der Waals surface area contributed by atoms with Crippen molar-refractivity contribution in [2.24, 2.45) is 11.7 Å². The molecule has 0 amide bonds. The molecular formula is C14H22N2. The highest BCUT2D eigenvalue weighted by atomic mass is 15.1. The van der Waals surface area contributed by atoms with Gasteiger partial charge in [0.25, 0.3) is 0 Å². The van der Waals surface area contributed by atoms with Crippen LogP contribution in [-0.4, -0.2) is 19.6 Å². The molecule has 2 unspecified atom stereocenters. The fourth-order valence-electron chi connectivity index (χ4n) is 2.60. The number of para-hydroxylation sites is 1. The molecule has 0 spiro atoms. The van der Waals surface area contributed by atoms with E-state index in [9.17, 15) is 0 Å². The highest BCUT2D eigenvalue weighted by Crippen LogP contribution is 2.25. The average molecular weight is 218 g/mol. The Morgan fingerprint density at radius 3 is 2.56 bits per heavy atom. The van der Waals surface area contributed by atoms with E-state index < -0.39 is 0 Å². The summed E-state index contributed by atoms with van der Waals surface area (Å²) >= 11 is 0. The molecule has 0 saturated heterocycles. The zero-order valence-corrected chi connectivity index (χ0v) is 10.1. The van der Waals surface area contributed by atoms with Crippen LogP contribution in [0.2, 0.25) is 0 Å². The predicted octanol–water partition coefficient (Wildman–Crippen LogP) is 2.64. The monoisotopic (exact) mass is 218 g/mol. The van der Waals surface area contributed by atoms with E-state index in [0.29, 0.717) is 12.0 Å². The van der Waals surface area contributed by atoms with Gasteiger partial charge < -0.3 is 10.6 Å². The largest absolute Gasteiger partial charge is 0.374 e. The second-order valence-corrected chi connectivity index (χ2v) is 4.92. The summed E-state index contributed by atoms with van der Waals surface area (Å²) in [5.74, 6) is 0.666. The van der Waals surface area contributed by atoms with Crippen LogP contribution >= 0.6 is 0 Å². The van der Waals surface area contributed by atoms with Crippen LogP contribution in [0.1, 0.15) is 25.7 Å². The number of nitrogens with two attached hydrogens (primary N) is 1. The molecule has 1 saturated carbocycles. The minimum absolute atomic E-state index is 0.403. The fourth-order valence-corrected chi connectivity index (χ4v) is 2.60. The van der Waals surface area contributed by atoms with Crippen molar-refractivity contribution >= 4 is 5.69 Å². The molecule has 1 fully saturated rings. The van der Waals surface area contributed by atoms with Crippen molar-refractivity contribution in [2.45, 2.75) is 31.7 Å². The summed E-state index contributed by atoms with van der Waals surface area (Å²) in [5.41, 5.74) is 7.47. The lowest BCUT2D eigenvalue weighted by Crippen LogP contribution is -2.40. The molecule has 88 valence electrons. The second-order valence-electron chi connectivity index (χ2n) is 4.92. The summed E-state index contributed by atoms with van der Waals surface area (Å²) in [6.07, 6.45) is 5.15. The van der Waals surface area contributed by atoms with Crippen LogP contribution in [0.3, 0.4) is 0 Å². The van der Waals surface area contributed by atoms with Crippen molar-refractivity contribution in [3.63, 3.8) is 0 Å². The maximum atomic E-state index is 6.18. The third-order valence-corrected chi connectivity index (χ3v) is 3.67. The molecule has 0 aliphatic heterocycles. The van der Waals surface area contributed by atoms with Gasteiger partial charge in [0.05, 0.1) is 0 Å². The highest BCUT2D eigenvalue weighted by Gasteiger charge is 2.22. The third-order valence-electron chi connectivity index (χ3n) is 3.67. The molecule has 0 aromatic heterocycles. The molecule has 2 heteroatoms. The SMILES string of the molecule is CN(CC1CCCCC1N)c1ccccc1. The van der Waals surface area contributed by atoms with Crippen molar-refractivity contribution in [3.05, 3.63) is 30.3 Å². The minimum atomic E-state index is 0.403. The number of rotatable bonds is 3. The zero-order valence-electron chi connectivity index (χ0n) is 10.1. The van der Waals surface area contributed by atoms with E-state index >= 15 is 0 Å². The number of anilines is 1. The highest BCUT2D eigenvalue weighted by molar-refractivity contribution is 5.45. The summed E-state index contributed by atoms with van der Waals surface area (Å²) in [5, 5.41) is 0. The Balaban J connectivity index is 1.94. The van der Waals surface area contributed by atoms with Gasteiger partial charge in [-0.15, -0.1) is 0 Å². The summed E-state index contributed by atoms with van der Waals surface area (Å²) < 4.78 is 0. The Morgan fingerprint density at radius 1 is 1.19 bits per heavy atom. The summed E-state index contributed by atoms with van der Waals surface area (Å²) in [4.78, 5) is 2.33. The number of benzene rings is 1. The first-order valence-corrected chi connectivity index (χ1v) is 6.29. The van der Waals surface area contributed by atoms with Gasteiger partial charge >= 0.3 is 0 Å². The Labute approximate surface area is 98.4 Å². The number of nitrogens with zero attached hydrogens (tertiary/aromatic N) is 1. The third kappa shape index (κ3) is 2.76. The number of hydrogen-bond acceptors (Lipinski definition) is 2. The lowest BCUT2D eigenvalue weighted by atomic mass is 9.85. The Hall–Kier alpha value is -1.02. The summed E-state index contributed by atoms with van der Waals surface area (Å²) in [6.45, 7) is 1.09. The van der Waals surface area contributed by atoms with E-state index in [1.165, 1.54) is 31.4 Å². The first kappa shape index (κ1) is 11.5. The first-order valence-electron chi connectivity index (χ1n) is 6.29. The first-order chi connectivity index (χ1) is 7.77. The Morgan fingerprint density at radius 2 is 1.88 bits per heavy atom. The fraction of sp³-hybridized carbons (Fsp3) is 0.571. The number of hydrogen-bond donors (Lipinski definition) is 1. The van der Waals surface area contributed by atoms with E-state index in [0.717, 1.165) is 6.54 Å². The molecule has 1 aromatic rings. The molecule has 1 aliphatic rings. The quantitative estimate of drug-likeness (QED) is 0.845. The topological polar surface area (TPSA) is 29.3 Å². The van der Waals surface area contributed by atoms with Gasteiger partial charge in [-0.25, -0.2) is 0 Å². The molecule has 2 rings (SSSR count). The maximum absolute atomic E-state index is 6.18. The van der Waals surface area contributed by atoms with Gasteiger partial charge in [-0.1, -0.05) is 31.0 Å². The van der Waals surface area contributed by atoms with Crippen LogP contribution in [0, 0.1) is 5.92 Å². The molecule has 0 bridgehead atoms. The maximum Gasteiger partial charge on any atom is 0.0363 e. The molecule has 0 radical (unpaired) electrons. The van der Waals surface area contributed by atoms with Crippen molar-refractivity contribution in [1.82, 2.24) is 0 Å². The standard InChI is InChI=1S/C14H22N2/c1-16(13-8-3-2-4-9-13)11-12-7-5-6-10-14(12)15/h2-4,8-9,12,14H,5-7,10-11,15H2,1H3. The molecule has 16 heavy (non-hydrogen) atoms. The van der Waals surface area contributed by atoms with Crippen LogP contribution in [0.4, 0.5) is 5.69 Å². The molecule has 2 N–H and O–H groups in total. The van der Waals surface area contributed by atoms with Crippen LogP contribution < -0.4 is 10.6 Å². The molecule has 2 atom stereocenters. The molecular weight excluding hydrogens is 196 g/mol. The predicted molar refractivity (Wildman–Crippen MR) is 69.6 cm³/mol. The van der Waals surface area contributed by atoms with Crippen molar-refractivity contribution in [3.8, 4) is 0 Å². The molecule has 0 heterocycles. The molecule has 2 nitrogen and oxygen atoms in total. The molecule has 1 aliphatic carbocycles. The van der Waals surface area contributed by atoms with Gasteiger partial charge in [0.15, 0.2) is 0 Å². The van der Waals surface area contributed by atoms with Crippen LogP contribution in [-0.2, 0) is 0 Å². The van der Waals surface area contributed by atoms with Crippen LogP contribution in [0.15, 0.2) is 30.3 Å². The van der Waals surface area contributed by atoms with Gasteiger partial charge in [0, 0.05) is 25.3 Å². The van der Waals surface area contributed by atoms with Gasteiger partial charge in [0.1, 0.15) is 0 Å². The normalized spacial score (nSPS) is 25.4. The second kappa shape index (κ2) is 5.35. The van der Waals surface area contributed by atoms with Gasteiger partial charge in [-0.2, -0.15) is 0 Å². The van der Waals surface area contributed by atoms with Crippen molar-refractivity contribution in [2.75, 3.05) is 18.5 Å². The van der Waals surface area contributed by atoms with Gasteiger partial charge in [-0.3, -0.25) is 0 Å². The smallest absolute Gasteiger partial charge is 0.0363 e. The average Bonchev–Trinajstić information content (AvgIpc) is 2.33. The van der Waals surface area contributed by atoms with E-state index in [1.807, 2.05) is 0 Å². The zero-order chi connectivity index (χ0) is 11.4. The van der Waals surface area contributed by atoms with E-state index in [-0.39, 0.29) is 0 Å². The minimum Gasteiger partial charge on any atom is -0.374 e. The van der Waals surface area contributed by atoms with E-state index in [2.05, 4.69) is 42.3 Å². The Bertz CT molecular complexity index is 310. The van der Waals surface area contributed by atoms with Crippen molar-refractivity contribution < 1.29 is 0 Å². The molecule has 1 aromatic carbocycles. The summed E-state index contributed by atoms with van der Waals surface area (Å²) in [7, 11) is 2.16.